The van der Waals surface area contributed by atoms with E-state index in [1.165, 1.54) is 25.0 Å². The number of nitrogens with one attached hydrogen (secondary N) is 1. The average molecular weight is 278 g/mol. The van der Waals surface area contributed by atoms with E-state index in [2.05, 4.69) is 5.32 Å². The van der Waals surface area contributed by atoms with Crippen molar-refractivity contribution in [1.29, 1.82) is 0 Å². The van der Waals surface area contributed by atoms with E-state index in [9.17, 15) is 9.18 Å². The molecule has 0 bridgehead atoms. The zero-order valence-corrected chi connectivity index (χ0v) is 12.1. The summed E-state index contributed by atoms with van der Waals surface area (Å²) in [6.07, 6.45) is 3.85. The highest BCUT2D eigenvalue weighted by Crippen LogP contribution is 2.20. The number of amides is 1. The van der Waals surface area contributed by atoms with Crippen molar-refractivity contribution in [2.75, 3.05) is 24.5 Å². The van der Waals surface area contributed by atoms with E-state index in [-0.39, 0.29) is 11.7 Å². The summed E-state index contributed by atoms with van der Waals surface area (Å²) in [7, 11) is 0. The summed E-state index contributed by atoms with van der Waals surface area (Å²) in [4.78, 5) is 14.0. The average Bonchev–Trinajstić information content (AvgIpc) is 2.47. The van der Waals surface area contributed by atoms with E-state index in [0.29, 0.717) is 24.6 Å². The second-order valence-electron chi connectivity index (χ2n) is 5.37. The molecule has 1 amide bonds. The fourth-order valence-electron chi connectivity index (χ4n) is 2.78. The second-order valence-corrected chi connectivity index (χ2v) is 5.37. The van der Waals surface area contributed by atoms with Gasteiger partial charge in [-0.3, -0.25) is 4.79 Å². The van der Waals surface area contributed by atoms with Gasteiger partial charge in [-0.15, -0.1) is 0 Å². The molecule has 1 aliphatic heterocycles. The highest BCUT2D eigenvalue weighted by molar-refractivity contribution is 5.93. The predicted molar refractivity (Wildman–Crippen MR) is 79.3 cm³/mol. The molecule has 1 heterocycles. The standard InChI is InChI=1S/C16H23FN2O/c1-2-19(15-7-3-6-14(17)11-15)16(20)9-8-13-5-4-10-18-12-13/h3,6-7,11,13,18H,2,4-5,8-10,12H2,1H3. The number of nitrogens with zero attached hydrogens (tertiary/aromatic N) is 1. The molecule has 1 aliphatic rings. The summed E-state index contributed by atoms with van der Waals surface area (Å²) in [6.45, 7) is 4.60. The van der Waals surface area contributed by atoms with Gasteiger partial charge in [0.25, 0.3) is 0 Å². The van der Waals surface area contributed by atoms with Crippen LogP contribution in [0.1, 0.15) is 32.6 Å². The van der Waals surface area contributed by atoms with Gasteiger partial charge in [0.15, 0.2) is 0 Å². The maximum Gasteiger partial charge on any atom is 0.226 e. The van der Waals surface area contributed by atoms with E-state index in [4.69, 9.17) is 0 Å². The van der Waals surface area contributed by atoms with Gasteiger partial charge in [0.2, 0.25) is 5.91 Å². The monoisotopic (exact) mass is 278 g/mol. The minimum absolute atomic E-state index is 0.0867. The first kappa shape index (κ1) is 15.0. The molecule has 3 nitrogen and oxygen atoms in total. The number of carbonyl (C=O) groups is 1. The van der Waals surface area contributed by atoms with Crippen LogP contribution in [0.4, 0.5) is 10.1 Å². The number of hydrogen-bond donors (Lipinski definition) is 1. The molecule has 1 aromatic rings. The Kier molecular flexibility index (Phi) is 5.53. The third-order valence-corrected chi connectivity index (χ3v) is 3.90. The minimum Gasteiger partial charge on any atom is -0.316 e. The van der Waals surface area contributed by atoms with Crippen molar-refractivity contribution in [3.8, 4) is 0 Å². The van der Waals surface area contributed by atoms with Crippen LogP contribution in [0.25, 0.3) is 0 Å². The van der Waals surface area contributed by atoms with Gasteiger partial charge in [-0.05, 0) is 63.4 Å². The molecule has 1 atom stereocenters. The Labute approximate surface area is 120 Å². The fraction of sp³-hybridized carbons (Fsp3) is 0.562. The molecular weight excluding hydrogens is 255 g/mol. The van der Waals surface area contributed by atoms with E-state index in [0.717, 1.165) is 19.5 Å². The number of benzene rings is 1. The summed E-state index contributed by atoms with van der Waals surface area (Å²) in [5, 5.41) is 3.37. The molecule has 20 heavy (non-hydrogen) atoms. The summed E-state index contributed by atoms with van der Waals surface area (Å²) in [5.74, 6) is 0.382. The first-order chi connectivity index (χ1) is 9.70. The highest BCUT2D eigenvalue weighted by atomic mass is 19.1. The van der Waals surface area contributed by atoms with Crippen molar-refractivity contribution in [2.24, 2.45) is 5.92 Å². The Balaban J connectivity index is 1.91. The number of hydrogen-bond acceptors (Lipinski definition) is 2. The molecule has 0 saturated carbocycles. The van der Waals surface area contributed by atoms with Crippen molar-refractivity contribution in [2.45, 2.75) is 32.6 Å². The van der Waals surface area contributed by atoms with E-state index in [1.807, 2.05) is 6.92 Å². The quantitative estimate of drug-likeness (QED) is 0.898. The topological polar surface area (TPSA) is 32.3 Å². The van der Waals surface area contributed by atoms with Gasteiger partial charge < -0.3 is 10.2 Å². The Hall–Kier alpha value is -1.42. The molecule has 0 radical (unpaired) electrons. The maximum atomic E-state index is 13.3. The third-order valence-electron chi connectivity index (χ3n) is 3.90. The van der Waals surface area contributed by atoms with Gasteiger partial charge >= 0.3 is 0 Å². The minimum atomic E-state index is -0.301. The van der Waals surface area contributed by atoms with Crippen molar-refractivity contribution >= 4 is 11.6 Å². The maximum absolute atomic E-state index is 13.3. The van der Waals surface area contributed by atoms with Gasteiger partial charge in [0.05, 0.1) is 0 Å². The summed E-state index contributed by atoms with van der Waals surface area (Å²) in [5.41, 5.74) is 0.652. The normalized spacial score (nSPS) is 18.8. The van der Waals surface area contributed by atoms with Crippen LogP contribution >= 0.6 is 0 Å². The van der Waals surface area contributed by atoms with Gasteiger partial charge in [0.1, 0.15) is 5.82 Å². The molecule has 1 fully saturated rings. The summed E-state index contributed by atoms with van der Waals surface area (Å²) >= 11 is 0. The zero-order chi connectivity index (χ0) is 14.4. The largest absolute Gasteiger partial charge is 0.316 e. The Morgan fingerprint density at radius 3 is 3.00 bits per heavy atom. The molecule has 1 N–H and O–H groups in total. The van der Waals surface area contributed by atoms with Crippen LogP contribution in [0.2, 0.25) is 0 Å². The second kappa shape index (κ2) is 7.39. The van der Waals surface area contributed by atoms with Gasteiger partial charge in [0, 0.05) is 18.7 Å². The molecule has 4 heteroatoms. The lowest BCUT2D eigenvalue weighted by molar-refractivity contribution is -0.118. The SMILES string of the molecule is CCN(C(=O)CCC1CCCNC1)c1cccc(F)c1. The molecule has 1 aromatic carbocycles. The summed E-state index contributed by atoms with van der Waals surface area (Å²) in [6, 6.07) is 6.25. The number of piperidine rings is 1. The fourth-order valence-corrected chi connectivity index (χ4v) is 2.78. The van der Waals surface area contributed by atoms with E-state index >= 15 is 0 Å². The molecule has 0 aromatic heterocycles. The molecular formula is C16H23FN2O. The van der Waals surface area contributed by atoms with Gasteiger partial charge in [-0.1, -0.05) is 6.07 Å². The molecule has 2 rings (SSSR count). The first-order valence-corrected chi connectivity index (χ1v) is 7.47. The predicted octanol–water partition coefficient (Wildman–Crippen LogP) is 2.96. The van der Waals surface area contributed by atoms with Crippen molar-refractivity contribution in [3.05, 3.63) is 30.1 Å². The van der Waals surface area contributed by atoms with Crippen LogP contribution in [0, 0.1) is 11.7 Å². The van der Waals surface area contributed by atoms with Crippen LogP contribution in [-0.2, 0) is 4.79 Å². The molecule has 0 spiro atoms. The number of rotatable bonds is 5. The number of halogens is 1. The Bertz CT molecular complexity index is 444. The zero-order valence-electron chi connectivity index (χ0n) is 12.1. The van der Waals surface area contributed by atoms with Crippen LogP contribution in [0.15, 0.2) is 24.3 Å². The van der Waals surface area contributed by atoms with E-state index < -0.39 is 0 Å². The Morgan fingerprint density at radius 2 is 2.35 bits per heavy atom. The molecule has 110 valence electrons. The van der Waals surface area contributed by atoms with Crippen LogP contribution in [0.5, 0.6) is 0 Å². The van der Waals surface area contributed by atoms with Crippen molar-refractivity contribution in [3.63, 3.8) is 0 Å². The highest BCUT2D eigenvalue weighted by Gasteiger charge is 2.18. The summed E-state index contributed by atoms with van der Waals surface area (Å²) < 4.78 is 13.3. The molecule has 1 unspecified atom stereocenters. The Morgan fingerprint density at radius 1 is 1.50 bits per heavy atom. The first-order valence-electron chi connectivity index (χ1n) is 7.47. The van der Waals surface area contributed by atoms with Gasteiger partial charge in [-0.2, -0.15) is 0 Å². The lowest BCUT2D eigenvalue weighted by atomic mass is 9.94. The van der Waals surface area contributed by atoms with Crippen LogP contribution in [-0.4, -0.2) is 25.5 Å². The number of carbonyl (C=O) groups excluding carboxylic acids is 1. The van der Waals surface area contributed by atoms with Crippen molar-refractivity contribution in [1.82, 2.24) is 5.32 Å². The lowest BCUT2D eigenvalue weighted by Crippen LogP contribution is -2.33. The van der Waals surface area contributed by atoms with Crippen LogP contribution in [0.3, 0.4) is 0 Å². The van der Waals surface area contributed by atoms with Gasteiger partial charge in [-0.25, -0.2) is 4.39 Å². The molecule has 0 aliphatic carbocycles. The van der Waals surface area contributed by atoms with Crippen LogP contribution < -0.4 is 10.2 Å². The van der Waals surface area contributed by atoms with Crippen molar-refractivity contribution < 1.29 is 9.18 Å². The number of anilines is 1. The third kappa shape index (κ3) is 4.04. The molecule has 1 saturated heterocycles. The smallest absolute Gasteiger partial charge is 0.226 e. The van der Waals surface area contributed by atoms with E-state index in [1.54, 1.807) is 17.0 Å². The lowest BCUT2D eigenvalue weighted by Gasteiger charge is -2.25.